The fourth-order valence-electron chi connectivity index (χ4n) is 4.21. The van der Waals surface area contributed by atoms with Crippen LogP contribution in [-0.2, 0) is 17.9 Å². The molecule has 7 nitrogen and oxygen atoms in total. The Labute approximate surface area is 189 Å². The number of likely N-dealkylation sites (tertiary alicyclic amines) is 1. The Morgan fingerprint density at radius 2 is 2.00 bits per heavy atom. The second kappa shape index (κ2) is 9.96. The molecule has 7 heteroatoms. The Balaban J connectivity index is 1.36. The van der Waals surface area contributed by atoms with Crippen LogP contribution in [0.25, 0.3) is 11.4 Å². The molecule has 1 aliphatic rings. The summed E-state index contributed by atoms with van der Waals surface area (Å²) in [5.74, 6) is 2.10. The molecule has 1 atom stereocenters. The maximum atomic E-state index is 13.1. The third-order valence-corrected chi connectivity index (χ3v) is 5.97. The number of hydrogen-bond acceptors (Lipinski definition) is 6. The number of piperidine rings is 1. The Hall–Kier alpha value is -3.19. The Kier molecular flexibility index (Phi) is 6.85. The lowest BCUT2D eigenvalue weighted by atomic mass is 9.96. The average molecular weight is 435 g/mol. The van der Waals surface area contributed by atoms with Crippen molar-refractivity contribution in [2.75, 3.05) is 27.2 Å². The number of methoxy groups -OCH3 is 1. The fourth-order valence-corrected chi connectivity index (χ4v) is 4.21. The zero-order chi connectivity index (χ0) is 22.5. The molecule has 1 unspecified atom stereocenters. The third kappa shape index (κ3) is 5.16. The van der Waals surface area contributed by atoms with E-state index in [1.54, 1.807) is 12.0 Å². The van der Waals surface area contributed by atoms with Crippen LogP contribution in [0.15, 0.2) is 53.1 Å². The lowest BCUT2D eigenvalue weighted by molar-refractivity contribution is -0.136. The van der Waals surface area contributed by atoms with E-state index in [-0.39, 0.29) is 11.8 Å². The van der Waals surface area contributed by atoms with Crippen LogP contribution in [0, 0.1) is 12.8 Å². The SMILES string of the molecule is COc1ccccc1CN(C)C(=O)C1CCCN(Cc2nc(-c3ccc(C)cc3)no2)C1. The van der Waals surface area contributed by atoms with Gasteiger partial charge in [-0.15, -0.1) is 0 Å². The Morgan fingerprint density at radius 3 is 2.78 bits per heavy atom. The lowest BCUT2D eigenvalue weighted by Crippen LogP contribution is -2.43. The van der Waals surface area contributed by atoms with Gasteiger partial charge >= 0.3 is 0 Å². The van der Waals surface area contributed by atoms with Crippen molar-refractivity contribution in [3.63, 3.8) is 0 Å². The second-order valence-electron chi connectivity index (χ2n) is 8.46. The van der Waals surface area contributed by atoms with Gasteiger partial charge in [-0.1, -0.05) is 53.2 Å². The number of nitrogens with zero attached hydrogens (tertiary/aromatic N) is 4. The summed E-state index contributed by atoms with van der Waals surface area (Å²) in [6, 6.07) is 15.9. The minimum Gasteiger partial charge on any atom is -0.496 e. The van der Waals surface area contributed by atoms with E-state index in [1.807, 2.05) is 62.5 Å². The van der Waals surface area contributed by atoms with Crippen LogP contribution in [0.3, 0.4) is 0 Å². The lowest BCUT2D eigenvalue weighted by Gasteiger charge is -2.33. The second-order valence-corrected chi connectivity index (χ2v) is 8.46. The molecule has 0 N–H and O–H groups in total. The van der Waals surface area contributed by atoms with E-state index >= 15 is 0 Å². The third-order valence-electron chi connectivity index (χ3n) is 5.97. The monoisotopic (exact) mass is 434 g/mol. The molecule has 0 aliphatic carbocycles. The maximum Gasteiger partial charge on any atom is 0.241 e. The van der Waals surface area contributed by atoms with E-state index in [9.17, 15) is 4.79 Å². The van der Waals surface area contributed by atoms with Gasteiger partial charge in [0.1, 0.15) is 5.75 Å². The van der Waals surface area contributed by atoms with E-state index in [1.165, 1.54) is 5.56 Å². The molecular formula is C25H30N4O3. The zero-order valence-electron chi connectivity index (χ0n) is 19.0. The van der Waals surface area contributed by atoms with Crippen LogP contribution < -0.4 is 4.74 Å². The van der Waals surface area contributed by atoms with Crippen molar-refractivity contribution in [2.24, 2.45) is 5.92 Å². The summed E-state index contributed by atoms with van der Waals surface area (Å²) in [6.45, 7) is 4.74. The van der Waals surface area contributed by atoms with Crippen molar-refractivity contribution in [3.8, 4) is 17.1 Å². The number of aromatic nitrogens is 2. The molecule has 1 amide bonds. The van der Waals surface area contributed by atoms with Crippen molar-refractivity contribution < 1.29 is 14.1 Å². The van der Waals surface area contributed by atoms with Crippen molar-refractivity contribution >= 4 is 5.91 Å². The fraction of sp³-hybridized carbons (Fsp3) is 0.400. The highest BCUT2D eigenvalue weighted by atomic mass is 16.5. The highest BCUT2D eigenvalue weighted by molar-refractivity contribution is 5.79. The maximum absolute atomic E-state index is 13.1. The smallest absolute Gasteiger partial charge is 0.241 e. The summed E-state index contributed by atoms with van der Waals surface area (Å²) in [5, 5.41) is 4.13. The van der Waals surface area contributed by atoms with E-state index in [0.29, 0.717) is 31.3 Å². The summed E-state index contributed by atoms with van der Waals surface area (Å²) in [7, 11) is 3.51. The van der Waals surface area contributed by atoms with E-state index in [4.69, 9.17) is 9.26 Å². The first-order chi connectivity index (χ1) is 15.5. The van der Waals surface area contributed by atoms with Gasteiger partial charge in [-0.05, 0) is 32.4 Å². The highest BCUT2D eigenvalue weighted by Crippen LogP contribution is 2.24. The number of para-hydroxylation sites is 1. The first-order valence-electron chi connectivity index (χ1n) is 11.0. The van der Waals surface area contributed by atoms with Gasteiger partial charge in [0.25, 0.3) is 0 Å². The number of ether oxygens (including phenoxy) is 1. The average Bonchev–Trinajstić information content (AvgIpc) is 3.28. The normalized spacial score (nSPS) is 16.7. The molecule has 1 aliphatic heterocycles. The molecule has 0 spiro atoms. The quantitative estimate of drug-likeness (QED) is 0.561. The van der Waals surface area contributed by atoms with Gasteiger partial charge in [0.05, 0.1) is 19.6 Å². The van der Waals surface area contributed by atoms with Crippen molar-refractivity contribution in [1.82, 2.24) is 19.9 Å². The predicted octanol–water partition coefficient (Wildman–Crippen LogP) is 3.92. The molecule has 32 heavy (non-hydrogen) atoms. The molecule has 1 aromatic heterocycles. The topological polar surface area (TPSA) is 71.7 Å². The van der Waals surface area contributed by atoms with Crippen molar-refractivity contribution in [2.45, 2.75) is 32.9 Å². The zero-order valence-corrected chi connectivity index (χ0v) is 19.0. The minimum absolute atomic E-state index is 0.0389. The predicted molar refractivity (Wildman–Crippen MR) is 122 cm³/mol. The van der Waals surface area contributed by atoms with Gasteiger partial charge < -0.3 is 14.2 Å². The van der Waals surface area contributed by atoms with E-state index in [2.05, 4.69) is 15.0 Å². The largest absolute Gasteiger partial charge is 0.496 e. The molecule has 4 rings (SSSR count). The molecule has 2 heterocycles. The van der Waals surface area contributed by atoms with Crippen LogP contribution in [-0.4, -0.2) is 53.1 Å². The number of carbonyl (C=O) groups is 1. The molecule has 1 fully saturated rings. The number of aryl methyl sites for hydroxylation is 1. The summed E-state index contributed by atoms with van der Waals surface area (Å²) in [6.07, 6.45) is 1.86. The summed E-state index contributed by atoms with van der Waals surface area (Å²) in [5.41, 5.74) is 3.14. The first-order valence-corrected chi connectivity index (χ1v) is 11.0. The molecule has 168 valence electrons. The highest BCUT2D eigenvalue weighted by Gasteiger charge is 2.29. The number of rotatable bonds is 7. The van der Waals surface area contributed by atoms with Crippen LogP contribution >= 0.6 is 0 Å². The molecule has 0 saturated carbocycles. The van der Waals surface area contributed by atoms with Gasteiger partial charge in [-0.2, -0.15) is 4.98 Å². The number of carbonyl (C=O) groups excluding carboxylic acids is 1. The number of benzene rings is 2. The summed E-state index contributed by atoms with van der Waals surface area (Å²) < 4.78 is 10.9. The van der Waals surface area contributed by atoms with Crippen LogP contribution in [0.2, 0.25) is 0 Å². The van der Waals surface area contributed by atoms with E-state index in [0.717, 1.165) is 36.3 Å². The molecular weight excluding hydrogens is 404 g/mol. The summed E-state index contributed by atoms with van der Waals surface area (Å²) >= 11 is 0. The van der Waals surface area contributed by atoms with Crippen LogP contribution in [0.4, 0.5) is 0 Å². The molecule has 0 radical (unpaired) electrons. The Morgan fingerprint density at radius 1 is 1.22 bits per heavy atom. The summed E-state index contributed by atoms with van der Waals surface area (Å²) in [4.78, 5) is 21.7. The van der Waals surface area contributed by atoms with Gasteiger partial charge in [0.15, 0.2) is 0 Å². The van der Waals surface area contributed by atoms with Gasteiger partial charge in [-0.25, -0.2) is 0 Å². The van der Waals surface area contributed by atoms with Crippen molar-refractivity contribution in [3.05, 3.63) is 65.5 Å². The van der Waals surface area contributed by atoms with Gasteiger partial charge in [-0.3, -0.25) is 9.69 Å². The minimum atomic E-state index is -0.0389. The molecule has 3 aromatic rings. The number of hydrogen-bond donors (Lipinski definition) is 0. The van der Waals surface area contributed by atoms with Gasteiger partial charge in [0.2, 0.25) is 17.6 Å². The van der Waals surface area contributed by atoms with E-state index < -0.39 is 0 Å². The molecule has 2 aromatic carbocycles. The first kappa shape index (κ1) is 22.0. The van der Waals surface area contributed by atoms with Gasteiger partial charge in [0, 0.05) is 31.3 Å². The van der Waals surface area contributed by atoms with Crippen LogP contribution in [0.1, 0.15) is 29.9 Å². The van der Waals surface area contributed by atoms with Crippen molar-refractivity contribution in [1.29, 1.82) is 0 Å². The van der Waals surface area contributed by atoms with Crippen LogP contribution in [0.5, 0.6) is 5.75 Å². The number of amides is 1. The molecule has 0 bridgehead atoms. The Bertz CT molecular complexity index is 1050. The molecule has 1 saturated heterocycles. The standard InChI is InChI=1S/C25H30N4O3/c1-18-10-12-19(13-11-18)24-26-23(32-27-24)17-29-14-6-8-21(16-29)25(30)28(2)15-20-7-4-5-9-22(20)31-3/h4-5,7,9-13,21H,6,8,14-17H2,1-3H3.